The second kappa shape index (κ2) is 5.14. The lowest BCUT2D eigenvalue weighted by Gasteiger charge is -2.16. The fourth-order valence-electron chi connectivity index (χ4n) is 1.59. The van der Waals surface area contributed by atoms with Gasteiger partial charge in [0.15, 0.2) is 11.6 Å². The predicted molar refractivity (Wildman–Crippen MR) is 62.0 cm³/mol. The number of aryl methyl sites for hydroxylation is 1. The Morgan fingerprint density at radius 1 is 1.44 bits per heavy atom. The fraction of sp³-hybridized carbons (Fsp3) is 0.250. The van der Waals surface area contributed by atoms with E-state index in [1.54, 1.807) is 24.1 Å². The van der Waals surface area contributed by atoms with Gasteiger partial charge in [-0.2, -0.15) is 9.49 Å². The molecule has 18 heavy (non-hydrogen) atoms. The zero-order valence-corrected chi connectivity index (χ0v) is 9.81. The van der Waals surface area contributed by atoms with Crippen LogP contribution in [0.4, 0.5) is 8.78 Å². The summed E-state index contributed by atoms with van der Waals surface area (Å²) in [6, 6.07) is 3.77. The Morgan fingerprint density at radius 2 is 2.22 bits per heavy atom. The molecule has 0 aliphatic carbocycles. The first-order chi connectivity index (χ1) is 8.61. The first-order valence-corrected chi connectivity index (χ1v) is 5.41. The van der Waals surface area contributed by atoms with E-state index in [1.165, 1.54) is 12.1 Å². The molecule has 1 unspecified atom stereocenters. The third-order valence-corrected chi connectivity index (χ3v) is 2.50. The Bertz CT molecular complexity index is 542. The molecule has 0 amide bonds. The van der Waals surface area contributed by atoms with E-state index in [0.717, 1.165) is 6.07 Å². The average molecular weight is 253 g/mol. The van der Waals surface area contributed by atoms with Crippen LogP contribution in [-0.2, 0) is 7.05 Å². The van der Waals surface area contributed by atoms with Crippen LogP contribution in [0.15, 0.2) is 30.6 Å². The molecule has 2 rings (SSSR count). The molecule has 0 spiro atoms. The van der Waals surface area contributed by atoms with Gasteiger partial charge in [0.25, 0.3) is 0 Å². The monoisotopic (exact) mass is 253 g/mol. The van der Waals surface area contributed by atoms with E-state index in [2.05, 4.69) is 5.10 Å². The van der Waals surface area contributed by atoms with Gasteiger partial charge in [0.1, 0.15) is 6.10 Å². The highest BCUT2D eigenvalue weighted by molar-refractivity contribution is 5.26. The van der Waals surface area contributed by atoms with Crippen molar-refractivity contribution < 1.29 is 13.5 Å². The zero-order valence-electron chi connectivity index (χ0n) is 9.81. The normalized spacial score (nSPS) is 12.4. The Balaban J connectivity index is 2.23. The van der Waals surface area contributed by atoms with Gasteiger partial charge in [0.2, 0.25) is 5.82 Å². The lowest BCUT2D eigenvalue weighted by molar-refractivity contribution is 0.202. The van der Waals surface area contributed by atoms with Crippen molar-refractivity contribution in [3.63, 3.8) is 0 Å². The van der Waals surface area contributed by atoms with E-state index >= 15 is 0 Å². The Labute approximate surface area is 103 Å². The summed E-state index contributed by atoms with van der Waals surface area (Å²) in [6.45, 7) is 0.141. The first kappa shape index (κ1) is 12.5. The van der Waals surface area contributed by atoms with Crippen molar-refractivity contribution in [3.8, 4) is 5.75 Å². The minimum atomic E-state index is -1.01. The molecule has 0 fully saturated rings. The Kier molecular flexibility index (Phi) is 3.57. The van der Waals surface area contributed by atoms with Crippen LogP contribution in [0.1, 0.15) is 11.7 Å². The van der Waals surface area contributed by atoms with Gasteiger partial charge < -0.3 is 10.5 Å². The van der Waals surface area contributed by atoms with Gasteiger partial charge in [-0.3, -0.25) is 4.68 Å². The minimum Gasteiger partial charge on any atom is -0.481 e. The van der Waals surface area contributed by atoms with E-state index in [1.807, 2.05) is 0 Å². The van der Waals surface area contributed by atoms with Gasteiger partial charge in [-0.15, -0.1) is 0 Å². The average Bonchev–Trinajstić information content (AvgIpc) is 2.78. The van der Waals surface area contributed by atoms with Gasteiger partial charge in [-0.25, -0.2) is 4.39 Å². The van der Waals surface area contributed by atoms with Crippen LogP contribution in [0, 0.1) is 11.6 Å². The molecular weight excluding hydrogens is 240 g/mol. The molecule has 1 aromatic heterocycles. The van der Waals surface area contributed by atoms with E-state index in [-0.39, 0.29) is 12.3 Å². The smallest absolute Gasteiger partial charge is 0.200 e. The maximum absolute atomic E-state index is 13.5. The summed E-state index contributed by atoms with van der Waals surface area (Å²) in [5.41, 5.74) is 6.28. The number of aromatic nitrogens is 2. The summed E-state index contributed by atoms with van der Waals surface area (Å²) in [5.74, 6) is -2.12. The lowest BCUT2D eigenvalue weighted by Crippen LogP contribution is -2.18. The molecule has 6 heteroatoms. The van der Waals surface area contributed by atoms with Crippen LogP contribution < -0.4 is 10.5 Å². The van der Waals surface area contributed by atoms with Crippen molar-refractivity contribution in [1.29, 1.82) is 0 Å². The van der Waals surface area contributed by atoms with Crippen molar-refractivity contribution in [2.24, 2.45) is 12.8 Å². The maximum atomic E-state index is 13.5. The van der Waals surface area contributed by atoms with E-state index in [4.69, 9.17) is 10.5 Å². The van der Waals surface area contributed by atoms with Gasteiger partial charge >= 0.3 is 0 Å². The highest BCUT2D eigenvalue weighted by atomic mass is 19.2. The molecular formula is C12H13F2N3O. The molecule has 0 saturated heterocycles. The van der Waals surface area contributed by atoms with Gasteiger partial charge in [-0.05, 0) is 12.1 Å². The number of benzene rings is 1. The largest absolute Gasteiger partial charge is 0.481 e. The van der Waals surface area contributed by atoms with E-state index in [0.29, 0.717) is 5.56 Å². The molecule has 0 radical (unpaired) electrons. The summed E-state index contributed by atoms with van der Waals surface area (Å²) in [5, 5.41) is 3.98. The molecule has 0 saturated carbocycles. The predicted octanol–water partition coefficient (Wildman–Crippen LogP) is 1.78. The minimum absolute atomic E-state index is 0.141. The quantitative estimate of drug-likeness (QED) is 0.903. The molecule has 0 bridgehead atoms. The first-order valence-electron chi connectivity index (χ1n) is 5.41. The summed E-state index contributed by atoms with van der Waals surface area (Å²) in [7, 11) is 1.75. The maximum Gasteiger partial charge on any atom is 0.200 e. The van der Waals surface area contributed by atoms with E-state index < -0.39 is 17.7 Å². The third-order valence-electron chi connectivity index (χ3n) is 2.50. The Morgan fingerprint density at radius 3 is 2.83 bits per heavy atom. The summed E-state index contributed by atoms with van der Waals surface area (Å²) >= 11 is 0. The van der Waals surface area contributed by atoms with Crippen LogP contribution in [-0.4, -0.2) is 16.3 Å². The fourth-order valence-corrected chi connectivity index (χ4v) is 1.59. The topological polar surface area (TPSA) is 53.1 Å². The number of hydrogen-bond acceptors (Lipinski definition) is 3. The van der Waals surface area contributed by atoms with Gasteiger partial charge in [0.05, 0.1) is 6.20 Å². The number of nitrogens with zero attached hydrogens (tertiary/aromatic N) is 2. The number of ether oxygens (including phenoxy) is 1. The highest BCUT2D eigenvalue weighted by Crippen LogP contribution is 2.25. The molecule has 96 valence electrons. The summed E-state index contributed by atoms with van der Waals surface area (Å²) in [6.07, 6.45) is 2.73. The number of rotatable bonds is 4. The molecule has 2 N–H and O–H groups in total. The summed E-state index contributed by atoms with van der Waals surface area (Å²) in [4.78, 5) is 0. The van der Waals surface area contributed by atoms with Crippen LogP contribution in [0.25, 0.3) is 0 Å². The number of halogens is 2. The Hall–Kier alpha value is -1.95. The molecule has 1 atom stereocenters. The van der Waals surface area contributed by atoms with Crippen LogP contribution in [0.2, 0.25) is 0 Å². The SMILES string of the molecule is Cn1cc(C(CN)Oc2cccc(F)c2F)cn1. The highest BCUT2D eigenvalue weighted by Gasteiger charge is 2.17. The van der Waals surface area contributed by atoms with Gasteiger partial charge in [0, 0.05) is 25.4 Å². The second-order valence-electron chi connectivity index (χ2n) is 3.84. The number of hydrogen-bond donors (Lipinski definition) is 1. The standard InChI is InChI=1S/C12H13F2N3O/c1-17-7-8(6-16-17)11(5-15)18-10-4-2-3-9(13)12(10)14/h2-4,6-7,11H,5,15H2,1H3. The van der Waals surface area contributed by atoms with Crippen molar-refractivity contribution in [1.82, 2.24) is 9.78 Å². The molecule has 2 aromatic rings. The molecule has 0 aliphatic rings. The zero-order chi connectivity index (χ0) is 13.1. The molecule has 1 heterocycles. The third kappa shape index (κ3) is 2.48. The van der Waals surface area contributed by atoms with Crippen LogP contribution in [0.5, 0.6) is 5.75 Å². The van der Waals surface area contributed by atoms with Crippen molar-refractivity contribution in [2.75, 3.05) is 6.54 Å². The molecule has 1 aromatic carbocycles. The van der Waals surface area contributed by atoms with Crippen LogP contribution >= 0.6 is 0 Å². The van der Waals surface area contributed by atoms with Gasteiger partial charge in [-0.1, -0.05) is 6.07 Å². The number of nitrogens with two attached hydrogens (primary N) is 1. The van der Waals surface area contributed by atoms with Crippen molar-refractivity contribution in [3.05, 3.63) is 47.8 Å². The molecule has 0 aliphatic heterocycles. The van der Waals surface area contributed by atoms with Crippen molar-refractivity contribution in [2.45, 2.75) is 6.10 Å². The molecule has 4 nitrogen and oxygen atoms in total. The second-order valence-corrected chi connectivity index (χ2v) is 3.84. The lowest BCUT2D eigenvalue weighted by atomic mass is 10.2. The summed E-state index contributed by atoms with van der Waals surface area (Å²) < 4.78 is 33.5. The van der Waals surface area contributed by atoms with Crippen LogP contribution in [0.3, 0.4) is 0 Å². The van der Waals surface area contributed by atoms with E-state index in [9.17, 15) is 8.78 Å². The van der Waals surface area contributed by atoms with Crippen molar-refractivity contribution >= 4 is 0 Å².